The Morgan fingerprint density at radius 2 is 1.84 bits per heavy atom. The third-order valence-electron chi connectivity index (χ3n) is 4.69. The normalized spacial score (nSPS) is 27.9. The Morgan fingerprint density at radius 1 is 1.05 bits per heavy atom. The highest BCUT2D eigenvalue weighted by atomic mass is 16.5. The molecular formula is C14H25N3O2. The lowest BCUT2D eigenvalue weighted by atomic mass is 9.98. The molecule has 0 atom stereocenters. The standard InChI is InChI=1S/C14H25N3O2/c18-14(12-2-8-19-9-3-12)17-5-1-4-16(6-7-17)13-10-15-11-13/h12-13,15H,1-11H2. The minimum Gasteiger partial charge on any atom is -0.381 e. The van der Waals surface area contributed by atoms with Crippen LogP contribution in [0, 0.1) is 5.92 Å². The minimum atomic E-state index is 0.214. The van der Waals surface area contributed by atoms with Gasteiger partial charge in [0.05, 0.1) is 0 Å². The van der Waals surface area contributed by atoms with Gasteiger partial charge in [-0.25, -0.2) is 0 Å². The van der Waals surface area contributed by atoms with E-state index in [1.165, 1.54) is 0 Å². The van der Waals surface area contributed by atoms with E-state index in [2.05, 4.69) is 15.1 Å². The number of hydrogen-bond donors (Lipinski definition) is 1. The highest BCUT2D eigenvalue weighted by Gasteiger charge is 2.30. The van der Waals surface area contributed by atoms with Crippen LogP contribution in [0.25, 0.3) is 0 Å². The summed E-state index contributed by atoms with van der Waals surface area (Å²) in [6.45, 7) is 7.78. The first-order valence-corrected chi connectivity index (χ1v) is 7.66. The van der Waals surface area contributed by atoms with Crippen molar-refractivity contribution in [2.24, 2.45) is 5.92 Å². The summed E-state index contributed by atoms with van der Waals surface area (Å²) in [5.41, 5.74) is 0. The monoisotopic (exact) mass is 267 g/mol. The van der Waals surface area contributed by atoms with Crippen molar-refractivity contribution in [3.63, 3.8) is 0 Å². The number of carbonyl (C=O) groups is 1. The Kier molecular flexibility index (Phi) is 4.35. The van der Waals surface area contributed by atoms with Gasteiger partial charge in [0.15, 0.2) is 0 Å². The van der Waals surface area contributed by atoms with Gasteiger partial charge in [-0.3, -0.25) is 9.69 Å². The van der Waals surface area contributed by atoms with Gasteiger partial charge >= 0.3 is 0 Å². The molecule has 0 aromatic heterocycles. The molecule has 0 spiro atoms. The summed E-state index contributed by atoms with van der Waals surface area (Å²) in [6.07, 6.45) is 2.93. The van der Waals surface area contributed by atoms with Crippen LogP contribution in [0.3, 0.4) is 0 Å². The van der Waals surface area contributed by atoms with Crippen molar-refractivity contribution in [3.8, 4) is 0 Å². The van der Waals surface area contributed by atoms with Gasteiger partial charge in [-0.1, -0.05) is 0 Å². The van der Waals surface area contributed by atoms with Gasteiger partial charge in [0.1, 0.15) is 0 Å². The molecule has 0 saturated carbocycles. The van der Waals surface area contributed by atoms with Crippen molar-refractivity contribution < 1.29 is 9.53 Å². The number of amides is 1. The van der Waals surface area contributed by atoms with Crippen molar-refractivity contribution in [3.05, 3.63) is 0 Å². The molecule has 0 radical (unpaired) electrons. The number of nitrogens with zero attached hydrogens (tertiary/aromatic N) is 2. The average molecular weight is 267 g/mol. The van der Waals surface area contributed by atoms with E-state index in [-0.39, 0.29) is 5.92 Å². The third kappa shape index (κ3) is 3.09. The number of nitrogens with one attached hydrogen (secondary N) is 1. The molecule has 1 N–H and O–H groups in total. The van der Waals surface area contributed by atoms with Crippen LogP contribution in [0.15, 0.2) is 0 Å². The molecule has 3 rings (SSSR count). The van der Waals surface area contributed by atoms with Crippen molar-refractivity contribution in [2.45, 2.75) is 25.3 Å². The van der Waals surface area contributed by atoms with E-state index in [1.54, 1.807) is 0 Å². The molecule has 108 valence electrons. The lowest BCUT2D eigenvalue weighted by Gasteiger charge is -2.37. The van der Waals surface area contributed by atoms with Crippen LogP contribution in [-0.4, -0.2) is 74.2 Å². The molecule has 1 amide bonds. The minimum absolute atomic E-state index is 0.214. The first kappa shape index (κ1) is 13.3. The third-order valence-corrected chi connectivity index (χ3v) is 4.69. The molecule has 3 aliphatic rings. The second-order valence-corrected chi connectivity index (χ2v) is 5.91. The van der Waals surface area contributed by atoms with Crippen LogP contribution in [-0.2, 0) is 9.53 Å². The Labute approximate surface area is 115 Å². The Hall–Kier alpha value is -0.650. The van der Waals surface area contributed by atoms with Crippen molar-refractivity contribution in [1.29, 1.82) is 0 Å². The smallest absolute Gasteiger partial charge is 0.225 e. The van der Waals surface area contributed by atoms with Gasteiger partial charge in [-0.15, -0.1) is 0 Å². The number of ether oxygens (including phenoxy) is 1. The lowest BCUT2D eigenvalue weighted by molar-refractivity contribution is -0.138. The highest BCUT2D eigenvalue weighted by Crippen LogP contribution is 2.19. The fourth-order valence-electron chi connectivity index (χ4n) is 3.26. The number of rotatable bonds is 2. The van der Waals surface area contributed by atoms with E-state index >= 15 is 0 Å². The number of hydrogen-bond acceptors (Lipinski definition) is 4. The summed E-state index contributed by atoms with van der Waals surface area (Å²) in [7, 11) is 0. The Bertz CT molecular complexity index is 314. The quantitative estimate of drug-likeness (QED) is 0.760. The predicted molar refractivity (Wildman–Crippen MR) is 73.0 cm³/mol. The zero-order valence-corrected chi connectivity index (χ0v) is 11.6. The van der Waals surface area contributed by atoms with Crippen molar-refractivity contribution in [1.82, 2.24) is 15.1 Å². The van der Waals surface area contributed by atoms with Crippen molar-refractivity contribution in [2.75, 3.05) is 52.5 Å². The maximum absolute atomic E-state index is 12.5. The van der Waals surface area contributed by atoms with Crippen LogP contribution in [0.4, 0.5) is 0 Å². The van der Waals surface area contributed by atoms with E-state index in [0.29, 0.717) is 11.9 Å². The summed E-state index contributed by atoms with van der Waals surface area (Å²) in [6, 6.07) is 0.707. The van der Waals surface area contributed by atoms with Crippen LogP contribution < -0.4 is 5.32 Å². The summed E-state index contributed by atoms with van der Waals surface area (Å²) < 4.78 is 5.35. The van der Waals surface area contributed by atoms with Gasteiger partial charge in [-0.05, 0) is 19.3 Å². The molecule has 3 saturated heterocycles. The first-order chi connectivity index (χ1) is 9.34. The van der Waals surface area contributed by atoms with Crippen LogP contribution in [0.5, 0.6) is 0 Å². The fourth-order valence-corrected chi connectivity index (χ4v) is 3.26. The van der Waals surface area contributed by atoms with Gasteiger partial charge in [0, 0.05) is 64.4 Å². The molecule has 0 aromatic rings. The molecular weight excluding hydrogens is 242 g/mol. The van der Waals surface area contributed by atoms with E-state index in [0.717, 1.165) is 71.7 Å². The predicted octanol–water partition coefficient (Wildman–Crippen LogP) is -0.0809. The van der Waals surface area contributed by atoms with Gasteiger partial charge in [-0.2, -0.15) is 0 Å². The summed E-state index contributed by atoms with van der Waals surface area (Å²) in [5.74, 6) is 0.586. The Morgan fingerprint density at radius 3 is 2.53 bits per heavy atom. The average Bonchev–Trinajstić information content (AvgIpc) is 2.63. The molecule has 3 heterocycles. The lowest BCUT2D eigenvalue weighted by Crippen LogP contribution is -2.57. The SMILES string of the molecule is O=C(C1CCOCC1)N1CCCN(C2CNC2)CC1. The zero-order chi connectivity index (χ0) is 13.1. The van der Waals surface area contributed by atoms with E-state index in [4.69, 9.17) is 4.74 Å². The zero-order valence-electron chi connectivity index (χ0n) is 11.6. The molecule has 19 heavy (non-hydrogen) atoms. The first-order valence-electron chi connectivity index (χ1n) is 7.66. The van der Waals surface area contributed by atoms with E-state index < -0.39 is 0 Å². The molecule has 0 unspecified atom stereocenters. The highest BCUT2D eigenvalue weighted by molar-refractivity contribution is 5.79. The van der Waals surface area contributed by atoms with Gasteiger partial charge in [0.25, 0.3) is 0 Å². The largest absolute Gasteiger partial charge is 0.381 e. The van der Waals surface area contributed by atoms with E-state index in [9.17, 15) is 4.79 Å². The Balaban J connectivity index is 1.51. The molecule has 0 aliphatic carbocycles. The molecule has 0 aromatic carbocycles. The maximum Gasteiger partial charge on any atom is 0.225 e. The summed E-state index contributed by atoms with van der Waals surface area (Å²) in [5, 5.41) is 3.33. The molecule has 3 aliphatic heterocycles. The van der Waals surface area contributed by atoms with E-state index in [1.807, 2.05) is 0 Å². The topological polar surface area (TPSA) is 44.8 Å². The van der Waals surface area contributed by atoms with Crippen molar-refractivity contribution >= 4 is 5.91 Å². The molecule has 3 fully saturated rings. The molecule has 5 heteroatoms. The second kappa shape index (κ2) is 6.20. The maximum atomic E-state index is 12.5. The van der Waals surface area contributed by atoms with Crippen LogP contribution in [0.1, 0.15) is 19.3 Å². The summed E-state index contributed by atoms with van der Waals surface area (Å²) >= 11 is 0. The van der Waals surface area contributed by atoms with Crippen LogP contribution in [0.2, 0.25) is 0 Å². The van der Waals surface area contributed by atoms with Gasteiger partial charge < -0.3 is 15.0 Å². The second-order valence-electron chi connectivity index (χ2n) is 5.91. The summed E-state index contributed by atoms with van der Waals surface area (Å²) in [4.78, 5) is 17.2. The number of carbonyl (C=O) groups excluding carboxylic acids is 1. The molecule has 0 bridgehead atoms. The fraction of sp³-hybridized carbons (Fsp3) is 0.929. The van der Waals surface area contributed by atoms with Crippen LogP contribution >= 0.6 is 0 Å². The molecule has 5 nitrogen and oxygen atoms in total. The van der Waals surface area contributed by atoms with Gasteiger partial charge in [0.2, 0.25) is 5.91 Å².